The summed E-state index contributed by atoms with van der Waals surface area (Å²) in [5, 5.41) is 1.65. The molecule has 3 rings (SSSR count). The molecule has 0 amide bonds. The predicted molar refractivity (Wildman–Crippen MR) is 99.5 cm³/mol. The van der Waals surface area contributed by atoms with Gasteiger partial charge in [-0.3, -0.25) is 9.36 Å². The minimum atomic E-state index is -0.132. The molecule has 0 aliphatic carbocycles. The van der Waals surface area contributed by atoms with Crippen molar-refractivity contribution in [2.75, 3.05) is 5.75 Å². The Labute approximate surface area is 154 Å². The minimum absolute atomic E-state index is 0.132. The molecule has 0 atom stereocenters. The Bertz CT molecular complexity index is 951. The predicted octanol–water partition coefficient (Wildman–Crippen LogP) is 4.15. The molecule has 0 saturated heterocycles. The van der Waals surface area contributed by atoms with Crippen LogP contribution < -0.4 is 5.56 Å². The Morgan fingerprint density at radius 1 is 1.36 bits per heavy atom. The van der Waals surface area contributed by atoms with Crippen molar-refractivity contribution in [1.82, 2.24) is 9.55 Å². The summed E-state index contributed by atoms with van der Waals surface area (Å²) < 4.78 is 6.98. The van der Waals surface area contributed by atoms with Gasteiger partial charge < -0.3 is 9.21 Å². The number of thioether (sulfide) groups is 1. The molecule has 0 aliphatic heterocycles. The van der Waals surface area contributed by atoms with Gasteiger partial charge in [0.2, 0.25) is 0 Å². The first-order chi connectivity index (χ1) is 12.0. The molecule has 0 radical (unpaired) electrons. The number of carbonyl (C=O) groups excluding carboxylic acids is 1. The molecule has 0 unspecified atom stereocenters. The highest BCUT2D eigenvalue weighted by Crippen LogP contribution is 2.22. The van der Waals surface area contributed by atoms with E-state index in [9.17, 15) is 9.59 Å². The summed E-state index contributed by atoms with van der Waals surface area (Å²) in [5.41, 5.74) is 0.439. The molecule has 2 heterocycles. The van der Waals surface area contributed by atoms with Crippen molar-refractivity contribution in [1.29, 1.82) is 0 Å². The second-order valence-electron chi connectivity index (χ2n) is 5.68. The van der Waals surface area contributed by atoms with Crippen LogP contribution >= 0.6 is 23.4 Å². The summed E-state index contributed by atoms with van der Waals surface area (Å²) in [7, 11) is 0. The number of rotatable bonds is 7. The zero-order valence-corrected chi connectivity index (χ0v) is 15.3. The number of hydrogen-bond donors (Lipinski definition) is 0. The number of nitrogens with zero attached hydrogens (tertiary/aromatic N) is 2. The maximum absolute atomic E-state index is 12.9. The molecule has 25 heavy (non-hydrogen) atoms. The molecule has 2 aromatic heterocycles. The molecule has 0 spiro atoms. The molecule has 0 saturated carbocycles. The van der Waals surface area contributed by atoms with Crippen LogP contribution in [0.5, 0.6) is 0 Å². The number of carbonyl (C=O) groups is 1. The Hall–Kier alpha value is -2.05. The lowest BCUT2D eigenvalue weighted by molar-refractivity contribution is -0.117. The van der Waals surface area contributed by atoms with Crippen molar-refractivity contribution in [2.45, 2.75) is 31.5 Å². The average molecular weight is 377 g/mol. The van der Waals surface area contributed by atoms with Crippen molar-refractivity contribution >= 4 is 40.0 Å². The highest BCUT2D eigenvalue weighted by atomic mass is 35.5. The molecule has 1 aromatic carbocycles. The second-order valence-corrected chi connectivity index (χ2v) is 7.18. The van der Waals surface area contributed by atoms with Crippen LogP contribution in [-0.2, 0) is 11.3 Å². The normalized spacial score (nSPS) is 11.1. The monoisotopic (exact) mass is 376 g/mol. The average Bonchev–Trinajstić information content (AvgIpc) is 3.07. The summed E-state index contributed by atoms with van der Waals surface area (Å²) in [6.07, 6.45) is 2.84. The van der Waals surface area contributed by atoms with Crippen LogP contribution in [0.15, 0.2) is 51.0 Å². The zero-order chi connectivity index (χ0) is 17.8. The summed E-state index contributed by atoms with van der Waals surface area (Å²) in [4.78, 5) is 28.6. The van der Waals surface area contributed by atoms with Crippen LogP contribution in [-0.4, -0.2) is 21.1 Å². The molecule has 0 fully saturated rings. The van der Waals surface area contributed by atoms with Gasteiger partial charge in [-0.05, 0) is 43.7 Å². The van der Waals surface area contributed by atoms with Gasteiger partial charge in [-0.2, -0.15) is 0 Å². The summed E-state index contributed by atoms with van der Waals surface area (Å²) in [6, 6.07) is 8.67. The number of hydrogen-bond acceptors (Lipinski definition) is 5. The summed E-state index contributed by atoms with van der Waals surface area (Å²) >= 11 is 7.49. The third kappa shape index (κ3) is 4.32. The van der Waals surface area contributed by atoms with E-state index in [1.165, 1.54) is 11.8 Å². The van der Waals surface area contributed by atoms with E-state index in [4.69, 9.17) is 16.0 Å². The lowest BCUT2D eigenvalue weighted by Gasteiger charge is -2.12. The lowest BCUT2D eigenvalue weighted by atomic mass is 10.2. The zero-order valence-electron chi connectivity index (χ0n) is 13.7. The molecule has 130 valence electrons. The highest BCUT2D eigenvalue weighted by Gasteiger charge is 2.13. The van der Waals surface area contributed by atoms with E-state index >= 15 is 0 Å². The van der Waals surface area contributed by atoms with Gasteiger partial charge in [0.1, 0.15) is 11.5 Å². The standard InChI is InChI=1S/C18H17ClN2O3S/c1-12(22)4-3-9-25-18-20-16-10-13(19)6-7-15(16)17(23)21(18)11-14-5-2-8-24-14/h2,5-8,10H,3-4,9,11H2,1H3. The van der Waals surface area contributed by atoms with E-state index in [1.54, 1.807) is 42.0 Å². The molecular weight excluding hydrogens is 360 g/mol. The van der Waals surface area contributed by atoms with Crippen LogP contribution in [0.2, 0.25) is 5.02 Å². The van der Waals surface area contributed by atoms with Gasteiger partial charge >= 0.3 is 0 Å². The van der Waals surface area contributed by atoms with Crippen LogP contribution in [0.1, 0.15) is 25.5 Å². The highest BCUT2D eigenvalue weighted by molar-refractivity contribution is 7.99. The second kappa shape index (κ2) is 7.89. The van der Waals surface area contributed by atoms with Gasteiger partial charge in [0.25, 0.3) is 5.56 Å². The fraction of sp³-hybridized carbons (Fsp3) is 0.278. The Balaban J connectivity index is 1.98. The molecule has 5 nitrogen and oxygen atoms in total. The van der Waals surface area contributed by atoms with Crippen LogP contribution in [0, 0.1) is 0 Å². The van der Waals surface area contributed by atoms with Crippen molar-refractivity contribution in [3.8, 4) is 0 Å². The number of furan rings is 1. The van der Waals surface area contributed by atoms with Gasteiger partial charge in [0.15, 0.2) is 5.16 Å². The molecule has 0 N–H and O–H groups in total. The topological polar surface area (TPSA) is 65.1 Å². The Morgan fingerprint density at radius 3 is 2.92 bits per heavy atom. The van der Waals surface area contributed by atoms with Gasteiger partial charge in [-0.25, -0.2) is 4.98 Å². The largest absolute Gasteiger partial charge is 0.467 e. The quantitative estimate of drug-likeness (QED) is 0.352. The van der Waals surface area contributed by atoms with Gasteiger partial charge in [-0.15, -0.1) is 0 Å². The number of ketones is 1. The summed E-state index contributed by atoms with van der Waals surface area (Å²) in [6.45, 7) is 1.89. The first-order valence-corrected chi connectivity index (χ1v) is 9.25. The minimum Gasteiger partial charge on any atom is -0.467 e. The SMILES string of the molecule is CC(=O)CCCSc1nc2cc(Cl)ccc2c(=O)n1Cc1ccco1. The van der Waals surface area contributed by atoms with E-state index in [1.807, 2.05) is 6.07 Å². The summed E-state index contributed by atoms with van der Waals surface area (Å²) in [5.74, 6) is 1.55. The molecular formula is C18H17ClN2O3S. The van der Waals surface area contributed by atoms with Crippen LogP contribution in [0.25, 0.3) is 10.9 Å². The fourth-order valence-corrected chi connectivity index (χ4v) is 3.57. The number of halogens is 1. The smallest absolute Gasteiger partial charge is 0.262 e. The van der Waals surface area contributed by atoms with E-state index in [-0.39, 0.29) is 11.3 Å². The third-order valence-electron chi connectivity index (χ3n) is 3.68. The van der Waals surface area contributed by atoms with E-state index < -0.39 is 0 Å². The van der Waals surface area contributed by atoms with Crippen molar-refractivity contribution in [2.24, 2.45) is 0 Å². The van der Waals surface area contributed by atoms with E-state index in [2.05, 4.69) is 4.98 Å². The number of fused-ring (bicyclic) bond motifs is 1. The molecule has 0 aliphatic rings. The van der Waals surface area contributed by atoms with Crippen molar-refractivity contribution in [3.63, 3.8) is 0 Å². The Kier molecular flexibility index (Phi) is 5.60. The van der Waals surface area contributed by atoms with Gasteiger partial charge in [-0.1, -0.05) is 23.4 Å². The number of Topliss-reactive ketones (excluding diaryl/α,β-unsaturated/α-hetero) is 1. The Morgan fingerprint density at radius 2 is 2.20 bits per heavy atom. The van der Waals surface area contributed by atoms with Gasteiger partial charge in [0, 0.05) is 17.2 Å². The number of benzene rings is 1. The van der Waals surface area contributed by atoms with E-state index in [0.717, 1.165) is 6.42 Å². The first-order valence-electron chi connectivity index (χ1n) is 7.89. The maximum Gasteiger partial charge on any atom is 0.262 e. The molecule has 3 aromatic rings. The third-order valence-corrected chi connectivity index (χ3v) is 4.98. The van der Waals surface area contributed by atoms with E-state index in [0.29, 0.717) is 45.6 Å². The fourth-order valence-electron chi connectivity index (χ4n) is 2.47. The molecule has 7 heteroatoms. The lowest BCUT2D eigenvalue weighted by Crippen LogP contribution is -2.24. The number of aromatic nitrogens is 2. The molecule has 0 bridgehead atoms. The van der Waals surface area contributed by atoms with Gasteiger partial charge in [0.05, 0.1) is 23.7 Å². The van der Waals surface area contributed by atoms with Crippen LogP contribution in [0.4, 0.5) is 0 Å². The van der Waals surface area contributed by atoms with Crippen molar-refractivity contribution < 1.29 is 9.21 Å². The van der Waals surface area contributed by atoms with Crippen LogP contribution in [0.3, 0.4) is 0 Å². The first kappa shape index (κ1) is 17.8. The maximum atomic E-state index is 12.9. The van der Waals surface area contributed by atoms with Crippen molar-refractivity contribution in [3.05, 3.63) is 57.7 Å².